The van der Waals surface area contributed by atoms with Gasteiger partial charge >= 0.3 is 6.61 Å². The van der Waals surface area contributed by atoms with Gasteiger partial charge in [-0.2, -0.15) is 14.0 Å². The van der Waals surface area contributed by atoms with Gasteiger partial charge in [0.1, 0.15) is 18.1 Å². The van der Waals surface area contributed by atoms with Crippen LogP contribution in [0.5, 0.6) is 5.75 Å². The van der Waals surface area contributed by atoms with E-state index in [1.54, 1.807) is 6.07 Å². The molecule has 0 aliphatic heterocycles. The third-order valence-corrected chi connectivity index (χ3v) is 1.48. The second-order valence-electron chi connectivity index (χ2n) is 2.36. The largest absolute Gasteiger partial charge is 0.433 e. The molecule has 0 aliphatic carbocycles. The molecule has 0 aromatic heterocycles. The highest BCUT2D eigenvalue weighted by atomic mass is 19.3. The number of hydrogen-bond donors (Lipinski definition) is 0. The van der Waals surface area contributed by atoms with Crippen molar-refractivity contribution < 1.29 is 18.3 Å². The minimum atomic E-state index is -3.01. The van der Waals surface area contributed by atoms with Crippen molar-refractivity contribution in [3.8, 4) is 11.8 Å². The molecule has 1 aromatic carbocycles. The number of ether oxygens (including phenoxy) is 1. The Hall–Kier alpha value is -1.96. The number of nitrogens with zero attached hydrogens (tertiary/aromatic N) is 1. The van der Waals surface area contributed by atoms with Crippen LogP contribution < -0.4 is 4.74 Å². The average molecular weight is 197 g/mol. The maximum atomic E-state index is 11.9. The third-order valence-electron chi connectivity index (χ3n) is 1.48. The average Bonchev–Trinajstić information content (AvgIpc) is 2.16. The van der Waals surface area contributed by atoms with Crippen molar-refractivity contribution in [1.82, 2.24) is 0 Å². The van der Waals surface area contributed by atoms with E-state index in [1.165, 1.54) is 12.1 Å². The SMILES string of the molecule is N#Cc1ccc(C=O)cc1OC(F)F. The lowest BCUT2D eigenvalue weighted by atomic mass is 10.1. The van der Waals surface area contributed by atoms with E-state index in [-0.39, 0.29) is 16.9 Å². The van der Waals surface area contributed by atoms with Gasteiger partial charge in [-0.05, 0) is 12.1 Å². The first-order chi connectivity index (χ1) is 6.67. The minimum absolute atomic E-state index is 0.0316. The van der Waals surface area contributed by atoms with Crippen molar-refractivity contribution in [1.29, 1.82) is 5.26 Å². The molecule has 0 aliphatic rings. The van der Waals surface area contributed by atoms with Crippen molar-refractivity contribution in [2.45, 2.75) is 6.61 Å². The summed E-state index contributed by atoms with van der Waals surface area (Å²) < 4.78 is 27.8. The summed E-state index contributed by atoms with van der Waals surface area (Å²) in [7, 11) is 0. The zero-order valence-corrected chi connectivity index (χ0v) is 6.91. The molecule has 0 saturated heterocycles. The first-order valence-corrected chi connectivity index (χ1v) is 3.61. The Morgan fingerprint density at radius 1 is 1.50 bits per heavy atom. The fourth-order valence-electron chi connectivity index (χ4n) is 0.898. The van der Waals surface area contributed by atoms with Crippen LogP contribution in [0.1, 0.15) is 15.9 Å². The molecule has 0 radical (unpaired) electrons. The fraction of sp³-hybridized carbons (Fsp3) is 0.111. The van der Waals surface area contributed by atoms with Crippen LogP contribution in [0, 0.1) is 11.3 Å². The molecule has 1 aromatic rings. The van der Waals surface area contributed by atoms with E-state index >= 15 is 0 Å². The Balaban J connectivity index is 3.09. The Morgan fingerprint density at radius 2 is 2.21 bits per heavy atom. The van der Waals surface area contributed by atoms with Crippen molar-refractivity contribution in [3.63, 3.8) is 0 Å². The Bertz CT molecular complexity index is 385. The molecule has 0 N–H and O–H groups in total. The van der Waals surface area contributed by atoms with E-state index in [4.69, 9.17) is 5.26 Å². The van der Waals surface area contributed by atoms with Crippen molar-refractivity contribution >= 4 is 6.29 Å². The van der Waals surface area contributed by atoms with Crippen LogP contribution in [-0.2, 0) is 0 Å². The fourth-order valence-corrected chi connectivity index (χ4v) is 0.898. The van der Waals surface area contributed by atoms with Crippen LogP contribution in [0.15, 0.2) is 18.2 Å². The van der Waals surface area contributed by atoms with Gasteiger partial charge in [0.2, 0.25) is 0 Å². The van der Waals surface area contributed by atoms with Gasteiger partial charge in [-0.1, -0.05) is 6.07 Å². The predicted octanol–water partition coefficient (Wildman–Crippen LogP) is 1.97. The molecule has 0 spiro atoms. The van der Waals surface area contributed by atoms with Gasteiger partial charge in [0.05, 0.1) is 5.56 Å². The Kier molecular flexibility index (Phi) is 3.13. The standard InChI is InChI=1S/C9H5F2NO2/c10-9(11)14-8-3-6(5-13)1-2-7(8)4-12/h1-3,5,9H. The summed E-state index contributed by atoms with van der Waals surface area (Å²) in [6, 6.07) is 5.38. The Labute approximate surface area is 78.5 Å². The number of rotatable bonds is 3. The number of hydrogen-bond acceptors (Lipinski definition) is 3. The molecular weight excluding hydrogens is 192 g/mol. The van der Waals surface area contributed by atoms with Crippen LogP contribution in [-0.4, -0.2) is 12.9 Å². The normalized spacial score (nSPS) is 9.57. The van der Waals surface area contributed by atoms with E-state index in [2.05, 4.69) is 4.74 Å². The highest BCUT2D eigenvalue weighted by Crippen LogP contribution is 2.20. The molecule has 1 rings (SSSR count). The maximum Gasteiger partial charge on any atom is 0.387 e. The lowest BCUT2D eigenvalue weighted by molar-refractivity contribution is -0.0500. The number of carbonyl (C=O) groups excluding carboxylic acids is 1. The van der Waals surface area contributed by atoms with E-state index < -0.39 is 6.61 Å². The molecule has 0 atom stereocenters. The second kappa shape index (κ2) is 4.33. The van der Waals surface area contributed by atoms with Crippen LogP contribution in [0.25, 0.3) is 0 Å². The van der Waals surface area contributed by atoms with Gasteiger partial charge in [-0.15, -0.1) is 0 Å². The van der Waals surface area contributed by atoms with Gasteiger partial charge in [0.15, 0.2) is 0 Å². The molecule has 5 heteroatoms. The monoisotopic (exact) mass is 197 g/mol. The van der Waals surface area contributed by atoms with Gasteiger partial charge < -0.3 is 4.74 Å². The Morgan fingerprint density at radius 3 is 2.71 bits per heavy atom. The smallest absolute Gasteiger partial charge is 0.387 e. The summed E-state index contributed by atoms with van der Waals surface area (Å²) in [5.74, 6) is -0.285. The van der Waals surface area contributed by atoms with Gasteiger partial charge in [-0.25, -0.2) is 0 Å². The minimum Gasteiger partial charge on any atom is -0.433 e. The van der Waals surface area contributed by atoms with Crippen LogP contribution >= 0.6 is 0 Å². The number of alkyl halides is 2. The zero-order valence-electron chi connectivity index (χ0n) is 6.91. The van der Waals surface area contributed by atoms with E-state index in [0.29, 0.717) is 6.29 Å². The first kappa shape index (κ1) is 10.1. The van der Waals surface area contributed by atoms with E-state index in [1.807, 2.05) is 0 Å². The molecule has 0 amide bonds. The maximum absolute atomic E-state index is 11.9. The highest BCUT2D eigenvalue weighted by molar-refractivity contribution is 5.76. The zero-order chi connectivity index (χ0) is 10.6. The highest BCUT2D eigenvalue weighted by Gasteiger charge is 2.09. The van der Waals surface area contributed by atoms with Gasteiger partial charge in [0.25, 0.3) is 0 Å². The molecule has 0 fully saturated rings. The number of nitriles is 1. The van der Waals surface area contributed by atoms with Crippen molar-refractivity contribution in [3.05, 3.63) is 29.3 Å². The van der Waals surface area contributed by atoms with E-state index in [9.17, 15) is 13.6 Å². The van der Waals surface area contributed by atoms with E-state index in [0.717, 1.165) is 6.07 Å². The molecule has 14 heavy (non-hydrogen) atoms. The topological polar surface area (TPSA) is 50.1 Å². The quantitative estimate of drug-likeness (QED) is 0.696. The van der Waals surface area contributed by atoms with Crippen LogP contribution in [0.4, 0.5) is 8.78 Å². The molecular formula is C9H5F2NO2. The lowest BCUT2D eigenvalue weighted by Crippen LogP contribution is -2.03. The molecule has 3 nitrogen and oxygen atoms in total. The van der Waals surface area contributed by atoms with Crippen LogP contribution in [0.3, 0.4) is 0 Å². The third kappa shape index (κ3) is 2.26. The predicted molar refractivity (Wildman–Crippen MR) is 43.2 cm³/mol. The summed E-state index contributed by atoms with van der Waals surface area (Å²) in [4.78, 5) is 10.3. The molecule has 0 unspecified atom stereocenters. The van der Waals surface area contributed by atoms with Crippen molar-refractivity contribution in [2.24, 2.45) is 0 Å². The van der Waals surface area contributed by atoms with Crippen molar-refractivity contribution in [2.75, 3.05) is 0 Å². The molecule has 0 bridgehead atoms. The first-order valence-electron chi connectivity index (χ1n) is 3.61. The molecule has 72 valence electrons. The summed E-state index contributed by atoms with van der Waals surface area (Å²) in [6.07, 6.45) is 0.486. The summed E-state index contributed by atoms with van der Waals surface area (Å²) in [6.45, 7) is -3.01. The molecule has 0 heterocycles. The van der Waals surface area contributed by atoms with Crippen LogP contribution in [0.2, 0.25) is 0 Å². The number of halogens is 2. The summed E-state index contributed by atoms with van der Waals surface area (Å²) in [5, 5.41) is 8.53. The molecule has 0 saturated carbocycles. The lowest BCUT2D eigenvalue weighted by Gasteiger charge is -2.05. The second-order valence-corrected chi connectivity index (χ2v) is 2.36. The van der Waals surface area contributed by atoms with Gasteiger partial charge in [-0.3, -0.25) is 4.79 Å². The number of benzene rings is 1. The summed E-state index contributed by atoms with van der Waals surface area (Å²) >= 11 is 0. The van der Waals surface area contributed by atoms with Gasteiger partial charge in [0, 0.05) is 5.56 Å². The summed E-state index contributed by atoms with van der Waals surface area (Å²) in [5.41, 5.74) is 0.149. The number of aldehydes is 1. The number of carbonyl (C=O) groups is 1.